The van der Waals surface area contributed by atoms with Crippen LogP contribution in [0.15, 0.2) is 18.2 Å². The van der Waals surface area contributed by atoms with Crippen molar-refractivity contribution in [2.24, 2.45) is 0 Å². The van der Waals surface area contributed by atoms with Crippen LogP contribution in [0.25, 0.3) is 0 Å². The van der Waals surface area contributed by atoms with Gasteiger partial charge in [0.15, 0.2) is 0 Å². The Morgan fingerprint density at radius 1 is 1.38 bits per heavy atom. The first-order chi connectivity index (χ1) is 7.48. The van der Waals surface area contributed by atoms with E-state index in [0.717, 1.165) is 17.0 Å². The van der Waals surface area contributed by atoms with E-state index < -0.39 is 5.41 Å². The largest absolute Gasteiger partial charge is 0.494 e. The molecule has 3 heteroatoms. The number of nitrogens with zero attached hydrogens (tertiary/aromatic N) is 1. The molecule has 1 amide bonds. The third-order valence-corrected chi connectivity index (χ3v) is 3.15. The maximum Gasteiger partial charge on any atom is 0.236 e. The molecule has 0 bridgehead atoms. The van der Waals surface area contributed by atoms with Crippen molar-refractivity contribution < 1.29 is 9.53 Å². The molecule has 0 saturated carbocycles. The van der Waals surface area contributed by atoms with E-state index in [4.69, 9.17) is 4.74 Å². The number of hydrogen-bond donors (Lipinski definition) is 0. The molecule has 0 spiro atoms. The fraction of sp³-hybridized carbons (Fsp3) is 0.462. The molecule has 0 saturated heterocycles. The molecule has 0 aromatic heterocycles. The summed E-state index contributed by atoms with van der Waals surface area (Å²) in [5.74, 6) is 0.966. The van der Waals surface area contributed by atoms with Crippen LogP contribution in [0.5, 0.6) is 5.75 Å². The number of carbonyl (C=O) groups excluding carboxylic acids is 1. The Morgan fingerprint density at radius 2 is 2.06 bits per heavy atom. The number of likely N-dealkylation sites (N-methyl/N-ethyl adjacent to an activating group) is 1. The van der Waals surface area contributed by atoms with Gasteiger partial charge < -0.3 is 9.64 Å². The van der Waals surface area contributed by atoms with Crippen LogP contribution < -0.4 is 9.64 Å². The maximum atomic E-state index is 12.0. The molecular formula is C13H17NO2. The van der Waals surface area contributed by atoms with E-state index in [2.05, 4.69) is 0 Å². The van der Waals surface area contributed by atoms with Gasteiger partial charge in [-0.15, -0.1) is 0 Å². The number of carbonyl (C=O) groups is 1. The zero-order chi connectivity index (χ0) is 11.9. The van der Waals surface area contributed by atoms with E-state index in [9.17, 15) is 4.79 Å². The molecule has 1 aliphatic rings. The number of benzene rings is 1. The van der Waals surface area contributed by atoms with E-state index in [1.807, 2.05) is 46.0 Å². The van der Waals surface area contributed by atoms with Gasteiger partial charge in [0.1, 0.15) is 5.75 Å². The second-order valence-corrected chi connectivity index (χ2v) is 4.60. The summed E-state index contributed by atoms with van der Waals surface area (Å²) < 4.78 is 5.47. The van der Waals surface area contributed by atoms with Gasteiger partial charge >= 0.3 is 0 Å². The van der Waals surface area contributed by atoms with Gasteiger partial charge in [-0.2, -0.15) is 0 Å². The lowest BCUT2D eigenvalue weighted by Gasteiger charge is -2.16. The van der Waals surface area contributed by atoms with Crippen LogP contribution in [0.2, 0.25) is 0 Å². The van der Waals surface area contributed by atoms with E-state index in [1.165, 1.54) is 0 Å². The van der Waals surface area contributed by atoms with Crippen molar-refractivity contribution in [2.75, 3.05) is 18.6 Å². The Balaban J connectivity index is 2.52. The number of ether oxygens (including phenoxy) is 1. The van der Waals surface area contributed by atoms with Gasteiger partial charge in [0, 0.05) is 12.7 Å². The molecule has 1 aromatic rings. The van der Waals surface area contributed by atoms with E-state index >= 15 is 0 Å². The molecule has 0 atom stereocenters. The Morgan fingerprint density at radius 3 is 2.69 bits per heavy atom. The smallest absolute Gasteiger partial charge is 0.236 e. The zero-order valence-corrected chi connectivity index (χ0v) is 10.2. The molecule has 0 aliphatic carbocycles. The first-order valence-corrected chi connectivity index (χ1v) is 5.54. The molecule has 16 heavy (non-hydrogen) atoms. The zero-order valence-electron chi connectivity index (χ0n) is 10.2. The lowest BCUT2D eigenvalue weighted by Crippen LogP contribution is -2.33. The highest BCUT2D eigenvalue weighted by Crippen LogP contribution is 2.42. The first-order valence-electron chi connectivity index (χ1n) is 5.54. The highest BCUT2D eigenvalue weighted by Gasteiger charge is 2.42. The van der Waals surface area contributed by atoms with Crippen molar-refractivity contribution in [3.8, 4) is 5.75 Å². The molecule has 2 rings (SSSR count). The molecule has 1 aliphatic heterocycles. The third kappa shape index (κ3) is 1.39. The predicted molar refractivity (Wildman–Crippen MR) is 64.0 cm³/mol. The number of anilines is 1. The average molecular weight is 219 g/mol. The van der Waals surface area contributed by atoms with Gasteiger partial charge in [-0.3, -0.25) is 4.79 Å². The lowest BCUT2D eigenvalue weighted by atomic mass is 9.86. The maximum absolute atomic E-state index is 12.0. The second-order valence-electron chi connectivity index (χ2n) is 4.60. The molecule has 0 radical (unpaired) electrons. The van der Waals surface area contributed by atoms with Crippen LogP contribution in [0.4, 0.5) is 5.69 Å². The van der Waals surface area contributed by atoms with Gasteiger partial charge in [-0.1, -0.05) is 0 Å². The summed E-state index contributed by atoms with van der Waals surface area (Å²) in [5, 5.41) is 0. The number of fused-ring (bicyclic) bond motifs is 1. The van der Waals surface area contributed by atoms with Crippen LogP contribution in [0.3, 0.4) is 0 Å². The van der Waals surface area contributed by atoms with E-state index in [-0.39, 0.29) is 5.91 Å². The van der Waals surface area contributed by atoms with Gasteiger partial charge in [0.2, 0.25) is 5.91 Å². The van der Waals surface area contributed by atoms with E-state index in [0.29, 0.717) is 6.61 Å². The number of hydrogen-bond acceptors (Lipinski definition) is 2. The van der Waals surface area contributed by atoms with Crippen LogP contribution in [-0.4, -0.2) is 19.6 Å². The van der Waals surface area contributed by atoms with Crippen molar-refractivity contribution in [1.29, 1.82) is 0 Å². The van der Waals surface area contributed by atoms with Crippen molar-refractivity contribution in [1.82, 2.24) is 0 Å². The van der Waals surface area contributed by atoms with Crippen molar-refractivity contribution in [2.45, 2.75) is 26.2 Å². The van der Waals surface area contributed by atoms with Crippen molar-refractivity contribution >= 4 is 11.6 Å². The first kappa shape index (κ1) is 11.0. The summed E-state index contributed by atoms with van der Waals surface area (Å²) in [6, 6.07) is 5.83. The minimum Gasteiger partial charge on any atom is -0.494 e. The molecule has 1 heterocycles. The minimum atomic E-state index is -0.447. The predicted octanol–water partition coefficient (Wildman–Crippen LogP) is 2.34. The Hall–Kier alpha value is -1.51. The van der Waals surface area contributed by atoms with Crippen LogP contribution in [0.1, 0.15) is 26.3 Å². The fourth-order valence-corrected chi connectivity index (χ4v) is 2.21. The highest BCUT2D eigenvalue weighted by molar-refractivity contribution is 6.07. The Labute approximate surface area is 96.0 Å². The summed E-state index contributed by atoms with van der Waals surface area (Å²) >= 11 is 0. The third-order valence-electron chi connectivity index (χ3n) is 3.15. The van der Waals surface area contributed by atoms with Gasteiger partial charge in [-0.05, 0) is 44.5 Å². The van der Waals surface area contributed by atoms with Gasteiger partial charge in [0.25, 0.3) is 0 Å². The molecule has 0 N–H and O–H groups in total. The molecule has 3 nitrogen and oxygen atoms in total. The quantitative estimate of drug-likeness (QED) is 0.764. The van der Waals surface area contributed by atoms with Crippen molar-refractivity contribution in [3.05, 3.63) is 23.8 Å². The summed E-state index contributed by atoms with van der Waals surface area (Å²) in [6.45, 7) is 6.50. The summed E-state index contributed by atoms with van der Waals surface area (Å²) in [5.41, 5.74) is 1.58. The van der Waals surface area contributed by atoms with E-state index in [1.54, 1.807) is 4.90 Å². The van der Waals surface area contributed by atoms with Crippen LogP contribution in [0, 0.1) is 0 Å². The molecule has 86 valence electrons. The molecule has 0 unspecified atom stereocenters. The lowest BCUT2D eigenvalue weighted by molar-refractivity contribution is -0.121. The Kier molecular flexibility index (Phi) is 2.41. The highest BCUT2D eigenvalue weighted by atomic mass is 16.5. The fourth-order valence-electron chi connectivity index (χ4n) is 2.21. The van der Waals surface area contributed by atoms with Crippen LogP contribution >= 0.6 is 0 Å². The van der Waals surface area contributed by atoms with Crippen molar-refractivity contribution in [3.63, 3.8) is 0 Å². The second kappa shape index (κ2) is 3.51. The summed E-state index contributed by atoms with van der Waals surface area (Å²) in [6.07, 6.45) is 0. The average Bonchev–Trinajstić information content (AvgIpc) is 2.42. The van der Waals surface area contributed by atoms with Gasteiger partial charge in [0.05, 0.1) is 12.0 Å². The monoisotopic (exact) mass is 219 g/mol. The van der Waals surface area contributed by atoms with Gasteiger partial charge in [-0.25, -0.2) is 0 Å². The topological polar surface area (TPSA) is 29.5 Å². The Bertz CT molecular complexity index is 438. The summed E-state index contributed by atoms with van der Waals surface area (Å²) in [7, 11) is 1.82. The summed E-state index contributed by atoms with van der Waals surface area (Å²) in [4.78, 5) is 13.8. The molecule has 1 aromatic carbocycles. The standard InChI is InChI=1S/C13H17NO2/c1-5-16-9-6-7-11-10(8-9)13(2,3)12(15)14(11)4/h6-8H,5H2,1-4H3. The SMILES string of the molecule is CCOc1ccc2c(c1)C(C)(C)C(=O)N2C. The van der Waals surface area contributed by atoms with Crippen LogP contribution in [-0.2, 0) is 10.2 Å². The number of rotatable bonds is 2. The molecule has 0 fully saturated rings. The molecular weight excluding hydrogens is 202 g/mol. The normalized spacial score (nSPS) is 17.5. The number of amides is 1. The minimum absolute atomic E-state index is 0.135.